The second kappa shape index (κ2) is 9.98. The Hall–Kier alpha value is -3.95. The van der Waals surface area contributed by atoms with Crippen LogP contribution in [0.5, 0.6) is 0 Å². The van der Waals surface area contributed by atoms with Crippen LogP contribution < -0.4 is 10.6 Å². The Bertz CT molecular complexity index is 1360. The third-order valence-electron chi connectivity index (χ3n) is 8.12. The van der Waals surface area contributed by atoms with Crippen molar-refractivity contribution in [3.05, 3.63) is 64.5 Å². The van der Waals surface area contributed by atoms with Gasteiger partial charge in [0.25, 0.3) is 5.91 Å². The van der Waals surface area contributed by atoms with Crippen LogP contribution in [0.2, 0.25) is 0 Å². The molecule has 0 unspecified atom stereocenters. The molecule has 0 radical (unpaired) electrons. The van der Waals surface area contributed by atoms with E-state index in [4.69, 9.17) is 4.74 Å². The summed E-state index contributed by atoms with van der Waals surface area (Å²) in [5, 5.41) is 5.18. The molecule has 2 aromatic rings. The van der Waals surface area contributed by atoms with E-state index < -0.39 is 24.1 Å². The molecule has 2 saturated heterocycles. The molecule has 0 saturated carbocycles. The summed E-state index contributed by atoms with van der Waals surface area (Å²) in [6.07, 6.45) is 1.36. The number of aryl methyl sites for hydroxylation is 1. The fourth-order valence-electron chi connectivity index (χ4n) is 6.20. The van der Waals surface area contributed by atoms with Crippen molar-refractivity contribution < 1.29 is 28.3 Å². The number of hydrogen-bond acceptors (Lipinski definition) is 5. The number of ether oxygens (including phenoxy) is 1. The molecule has 3 atom stereocenters. The number of fused-ring (bicyclic) bond motifs is 2. The Labute approximate surface area is 226 Å². The molecule has 2 heterocycles. The molecule has 3 aliphatic rings. The van der Waals surface area contributed by atoms with Crippen LogP contribution >= 0.6 is 0 Å². The summed E-state index contributed by atoms with van der Waals surface area (Å²) >= 11 is 0. The number of halogens is 1. The lowest BCUT2D eigenvalue weighted by atomic mass is 9.91. The number of likely N-dealkylation sites (tertiary alicyclic amines) is 1. The van der Waals surface area contributed by atoms with Gasteiger partial charge in [-0.3, -0.25) is 9.59 Å². The number of hydrogen-bond donors (Lipinski definition) is 2. The molecular weight excluding hydrogens is 503 g/mol. The van der Waals surface area contributed by atoms with Gasteiger partial charge in [-0.2, -0.15) is 0 Å². The van der Waals surface area contributed by atoms with Crippen molar-refractivity contribution in [3.8, 4) is 0 Å². The normalized spacial score (nSPS) is 23.9. The van der Waals surface area contributed by atoms with Gasteiger partial charge in [-0.1, -0.05) is 26.0 Å². The summed E-state index contributed by atoms with van der Waals surface area (Å²) in [4.78, 5) is 54.6. The predicted molar refractivity (Wildman–Crippen MR) is 141 cm³/mol. The van der Waals surface area contributed by atoms with Crippen LogP contribution in [0, 0.1) is 5.82 Å². The minimum Gasteiger partial charge on any atom is -0.427 e. The Balaban J connectivity index is 1.38. The van der Waals surface area contributed by atoms with Gasteiger partial charge in [-0.05, 0) is 73.1 Å². The van der Waals surface area contributed by atoms with E-state index in [0.717, 1.165) is 28.0 Å². The SMILES string of the molecule is CNC(=O)Nc1ccc2c(c1)CC[C@@]21OC(=O)N(CC(=O)N2[C@@H](C)CC[C@H]2c2ccc(F)cc2C(C)C)C1=O. The molecule has 2 N–H and O–H groups in total. The number of nitrogens with zero attached hydrogens (tertiary/aromatic N) is 2. The zero-order valence-corrected chi connectivity index (χ0v) is 22.5. The highest BCUT2D eigenvalue weighted by Gasteiger charge is 2.58. The van der Waals surface area contributed by atoms with E-state index in [1.165, 1.54) is 19.2 Å². The van der Waals surface area contributed by atoms with Crippen LogP contribution in [0.25, 0.3) is 0 Å². The predicted octanol–water partition coefficient (Wildman–Crippen LogP) is 4.57. The molecule has 10 heteroatoms. The van der Waals surface area contributed by atoms with E-state index >= 15 is 0 Å². The standard InChI is InChI=1S/C29H33FN4O5/c1-16(2)22-14-19(30)6-8-21(22)24-10-5-17(3)34(24)25(35)15-33-26(36)29(39-28(33)38)12-11-18-13-20(7-9-23(18)29)32-27(37)31-4/h6-9,13-14,16-17,24H,5,10-12,15H2,1-4H3,(H2,31,32,37)/t17-,24-,29+/m0/s1. The van der Waals surface area contributed by atoms with Crippen LogP contribution in [0.4, 0.5) is 19.7 Å². The average Bonchev–Trinajstić information content (AvgIpc) is 3.53. The van der Waals surface area contributed by atoms with Crippen molar-refractivity contribution >= 4 is 29.6 Å². The number of urea groups is 1. The van der Waals surface area contributed by atoms with Crippen molar-refractivity contribution in [3.63, 3.8) is 0 Å². The molecule has 2 aromatic carbocycles. The molecule has 0 aromatic heterocycles. The van der Waals surface area contributed by atoms with Gasteiger partial charge in [0.05, 0.1) is 6.04 Å². The second-order valence-electron chi connectivity index (χ2n) is 10.8. The number of imide groups is 1. The molecule has 206 valence electrons. The fraction of sp³-hybridized carbons (Fsp3) is 0.448. The number of carbonyl (C=O) groups is 4. The maximum atomic E-state index is 14.0. The summed E-state index contributed by atoms with van der Waals surface area (Å²) < 4.78 is 19.7. The molecule has 2 fully saturated rings. The molecular formula is C29H33FN4O5. The number of amides is 5. The molecule has 1 aliphatic carbocycles. The minimum atomic E-state index is -1.48. The van der Waals surface area contributed by atoms with Crippen molar-refractivity contribution in [1.29, 1.82) is 0 Å². The van der Waals surface area contributed by atoms with Gasteiger partial charge in [0.2, 0.25) is 11.5 Å². The van der Waals surface area contributed by atoms with E-state index in [1.54, 1.807) is 29.2 Å². The quantitative estimate of drug-likeness (QED) is 0.582. The fourth-order valence-corrected chi connectivity index (χ4v) is 6.20. The van der Waals surface area contributed by atoms with E-state index in [9.17, 15) is 23.6 Å². The zero-order valence-electron chi connectivity index (χ0n) is 22.5. The van der Waals surface area contributed by atoms with Crippen LogP contribution in [-0.2, 0) is 26.3 Å². The Morgan fingerprint density at radius 2 is 1.92 bits per heavy atom. The number of benzene rings is 2. The summed E-state index contributed by atoms with van der Waals surface area (Å²) in [5.74, 6) is -1.17. The molecule has 2 aliphatic heterocycles. The number of nitrogens with one attached hydrogen (secondary N) is 2. The molecule has 39 heavy (non-hydrogen) atoms. The largest absolute Gasteiger partial charge is 0.427 e. The highest BCUT2D eigenvalue weighted by Crippen LogP contribution is 2.46. The van der Waals surface area contributed by atoms with Gasteiger partial charge in [-0.25, -0.2) is 18.9 Å². The molecule has 5 amide bonds. The first kappa shape index (κ1) is 26.6. The summed E-state index contributed by atoms with van der Waals surface area (Å²) in [7, 11) is 1.51. The highest BCUT2D eigenvalue weighted by atomic mass is 19.1. The monoisotopic (exact) mass is 536 g/mol. The minimum absolute atomic E-state index is 0.0630. The zero-order chi connectivity index (χ0) is 28.1. The van der Waals surface area contributed by atoms with E-state index in [0.29, 0.717) is 24.1 Å². The lowest BCUT2D eigenvalue weighted by molar-refractivity contribution is -0.143. The maximum absolute atomic E-state index is 14.0. The Morgan fingerprint density at radius 3 is 2.64 bits per heavy atom. The number of anilines is 1. The van der Waals surface area contributed by atoms with Crippen molar-refractivity contribution in [2.24, 2.45) is 0 Å². The lowest BCUT2D eigenvalue weighted by Crippen LogP contribution is -2.46. The first-order valence-electron chi connectivity index (χ1n) is 13.3. The molecule has 0 bridgehead atoms. The van der Waals surface area contributed by atoms with Crippen LogP contribution in [0.1, 0.15) is 74.2 Å². The highest BCUT2D eigenvalue weighted by molar-refractivity contribution is 6.06. The number of rotatable bonds is 5. The van der Waals surface area contributed by atoms with E-state index in [2.05, 4.69) is 10.6 Å². The number of carbonyl (C=O) groups excluding carboxylic acids is 4. The third-order valence-corrected chi connectivity index (χ3v) is 8.12. The van der Waals surface area contributed by atoms with Gasteiger partial charge in [0.1, 0.15) is 12.4 Å². The topological polar surface area (TPSA) is 108 Å². The first-order chi connectivity index (χ1) is 18.6. The van der Waals surface area contributed by atoms with Crippen LogP contribution in [0.15, 0.2) is 36.4 Å². The van der Waals surface area contributed by atoms with Crippen LogP contribution in [0.3, 0.4) is 0 Å². The molecule has 1 spiro atoms. The van der Waals surface area contributed by atoms with Crippen molar-refractivity contribution in [1.82, 2.24) is 15.1 Å². The van der Waals surface area contributed by atoms with Gasteiger partial charge in [-0.15, -0.1) is 0 Å². The lowest BCUT2D eigenvalue weighted by Gasteiger charge is -2.31. The molecule has 5 rings (SSSR count). The van der Waals surface area contributed by atoms with Gasteiger partial charge in [0.15, 0.2) is 0 Å². The van der Waals surface area contributed by atoms with Gasteiger partial charge in [0, 0.05) is 30.8 Å². The van der Waals surface area contributed by atoms with Gasteiger partial charge < -0.3 is 20.3 Å². The summed E-state index contributed by atoms with van der Waals surface area (Å²) in [6, 6.07) is 9.02. The van der Waals surface area contributed by atoms with Crippen molar-refractivity contribution in [2.45, 2.75) is 70.1 Å². The average molecular weight is 537 g/mol. The van der Waals surface area contributed by atoms with Gasteiger partial charge >= 0.3 is 12.1 Å². The summed E-state index contributed by atoms with van der Waals surface area (Å²) in [5.41, 5.74) is 2.18. The van der Waals surface area contributed by atoms with E-state index in [-0.39, 0.29) is 42.2 Å². The Morgan fingerprint density at radius 1 is 1.15 bits per heavy atom. The Kier molecular flexibility index (Phi) is 6.82. The third kappa shape index (κ3) is 4.51. The van der Waals surface area contributed by atoms with Crippen molar-refractivity contribution in [2.75, 3.05) is 18.9 Å². The van der Waals surface area contributed by atoms with Crippen LogP contribution in [-0.4, -0.2) is 53.4 Å². The maximum Gasteiger partial charge on any atom is 0.418 e. The van der Waals surface area contributed by atoms with E-state index in [1.807, 2.05) is 20.8 Å². The molecule has 9 nitrogen and oxygen atoms in total. The smallest absolute Gasteiger partial charge is 0.418 e. The second-order valence-corrected chi connectivity index (χ2v) is 10.8. The summed E-state index contributed by atoms with van der Waals surface area (Å²) in [6.45, 7) is 5.49. The first-order valence-corrected chi connectivity index (χ1v) is 13.3.